The minimum Gasteiger partial charge on any atom is -0.497 e. The van der Waals surface area contributed by atoms with Crippen molar-refractivity contribution in [1.82, 2.24) is 20.6 Å². The summed E-state index contributed by atoms with van der Waals surface area (Å²) >= 11 is 0. The van der Waals surface area contributed by atoms with Gasteiger partial charge < -0.3 is 24.0 Å². The number of carbonyl (C=O) groups excluding carboxylic acids is 2. The summed E-state index contributed by atoms with van der Waals surface area (Å²) in [6, 6.07) is 8.87. The van der Waals surface area contributed by atoms with Gasteiger partial charge in [-0.3, -0.25) is 9.59 Å². The quantitative estimate of drug-likeness (QED) is 0.667. The van der Waals surface area contributed by atoms with Gasteiger partial charge in [0.2, 0.25) is 23.5 Å². The molecule has 0 spiro atoms. The van der Waals surface area contributed by atoms with Crippen molar-refractivity contribution < 1.29 is 23.4 Å². The van der Waals surface area contributed by atoms with E-state index in [0.717, 1.165) is 0 Å². The Morgan fingerprint density at radius 3 is 2.93 bits per heavy atom. The minimum absolute atomic E-state index is 0.0620. The molecule has 1 atom stereocenters. The lowest BCUT2D eigenvalue weighted by Gasteiger charge is -2.17. The third kappa shape index (κ3) is 3.96. The Bertz CT molecular complexity index is 1040. The second kappa shape index (κ2) is 7.74. The second-order valence-electron chi connectivity index (χ2n) is 6.66. The Morgan fingerprint density at radius 1 is 1.31 bits per heavy atom. The lowest BCUT2D eigenvalue weighted by atomic mass is 10.1. The Hall–Kier alpha value is -3.69. The Kier molecular flexibility index (Phi) is 4.98. The minimum atomic E-state index is -0.464. The van der Waals surface area contributed by atoms with Crippen LogP contribution in [0.2, 0.25) is 0 Å². The Morgan fingerprint density at radius 2 is 2.17 bits per heavy atom. The van der Waals surface area contributed by atoms with E-state index in [4.69, 9.17) is 13.8 Å². The Balaban J connectivity index is 1.36. The fraction of sp³-hybridized carbons (Fsp3) is 0.316. The predicted octanol–water partition coefficient (Wildman–Crippen LogP) is 1.71. The number of ether oxygens (including phenoxy) is 1. The van der Waals surface area contributed by atoms with Gasteiger partial charge in [0.05, 0.1) is 19.6 Å². The summed E-state index contributed by atoms with van der Waals surface area (Å²) in [6.45, 7) is 2.12. The number of rotatable bonds is 6. The zero-order chi connectivity index (χ0) is 20.4. The van der Waals surface area contributed by atoms with Crippen LogP contribution in [0.15, 0.2) is 39.4 Å². The molecular formula is C19H19N5O5. The number of benzene rings is 1. The molecule has 10 heteroatoms. The number of aromatic nitrogens is 3. The summed E-state index contributed by atoms with van der Waals surface area (Å²) in [7, 11) is 1.56. The molecule has 0 saturated carbocycles. The molecule has 3 aromatic rings. The van der Waals surface area contributed by atoms with Gasteiger partial charge in [0.15, 0.2) is 5.69 Å². The predicted molar refractivity (Wildman–Crippen MR) is 99.8 cm³/mol. The fourth-order valence-corrected chi connectivity index (χ4v) is 3.12. The van der Waals surface area contributed by atoms with Gasteiger partial charge in [-0.1, -0.05) is 16.4 Å². The third-order valence-corrected chi connectivity index (χ3v) is 4.60. The van der Waals surface area contributed by atoms with Crippen LogP contribution in [0.4, 0.5) is 5.69 Å². The molecule has 1 aromatic carbocycles. The number of hydrogen-bond donors (Lipinski definition) is 1. The van der Waals surface area contributed by atoms with Crippen molar-refractivity contribution >= 4 is 17.5 Å². The summed E-state index contributed by atoms with van der Waals surface area (Å²) in [5.74, 6) is 0.980. The van der Waals surface area contributed by atoms with Crippen LogP contribution in [0.5, 0.6) is 5.75 Å². The summed E-state index contributed by atoms with van der Waals surface area (Å²) in [5.41, 5.74) is 1.16. The average molecular weight is 397 g/mol. The van der Waals surface area contributed by atoms with E-state index >= 15 is 0 Å². The van der Waals surface area contributed by atoms with Crippen molar-refractivity contribution in [2.45, 2.75) is 19.9 Å². The molecule has 29 heavy (non-hydrogen) atoms. The van der Waals surface area contributed by atoms with Crippen LogP contribution < -0.4 is 15.0 Å². The van der Waals surface area contributed by atoms with Crippen LogP contribution in [0.3, 0.4) is 0 Å². The third-order valence-electron chi connectivity index (χ3n) is 4.60. The molecule has 2 amide bonds. The van der Waals surface area contributed by atoms with Gasteiger partial charge in [0, 0.05) is 30.8 Å². The molecule has 1 N–H and O–H groups in total. The van der Waals surface area contributed by atoms with Gasteiger partial charge >= 0.3 is 0 Å². The number of nitrogens with one attached hydrogen (secondary N) is 1. The standard InChI is InChI=1S/C19H19N5O5/c1-11-6-15(22-28-11)18-21-16(29-23-18)9-20-19(26)12-7-17(25)24(10-12)13-4-3-5-14(8-13)27-2/h3-6,8,12H,7,9-10H2,1-2H3,(H,20,26). The van der Waals surface area contributed by atoms with E-state index in [2.05, 4.69) is 20.6 Å². The number of aryl methyl sites for hydroxylation is 1. The SMILES string of the molecule is COc1cccc(N2CC(C(=O)NCc3nc(-c4cc(C)on4)no3)CC2=O)c1. The molecule has 3 heterocycles. The van der Waals surface area contributed by atoms with Crippen molar-refractivity contribution in [3.63, 3.8) is 0 Å². The molecule has 4 rings (SSSR count). The first-order valence-electron chi connectivity index (χ1n) is 9.02. The number of amides is 2. The van der Waals surface area contributed by atoms with Crippen molar-refractivity contribution in [3.8, 4) is 17.3 Å². The van der Waals surface area contributed by atoms with Crippen LogP contribution in [0, 0.1) is 12.8 Å². The summed E-state index contributed by atoms with van der Waals surface area (Å²) in [5, 5.41) is 10.4. The van der Waals surface area contributed by atoms with E-state index in [1.807, 2.05) is 6.07 Å². The molecule has 1 unspecified atom stereocenters. The highest BCUT2D eigenvalue weighted by atomic mass is 16.5. The highest BCUT2D eigenvalue weighted by Crippen LogP contribution is 2.28. The number of carbonyl (C=O) groups is 2. The van der Waals surface area contributed by atoms with Crippen molar-refractivity contribution in [1.29, 1.82) is 0 Å². The number of hydrogen-bond acceptors (Lipinski definition) is 8. The molecule has 0 aliphatic carbocycles. The molecule has 1 aliphatic heterocycles. The largest absolute Gasteiger partial charge is 0.497 e. The van der Waals surface area contributed by atoms with Crippen LogP contribution >= 0.6 is 0 Å². The van der Waals surface area contributed by atoms with Gasteiger partial charge in [-0.05, 0) is 19.1 Å². The second-order valence-corrected chi connectivity index (χ2v) is 6.66. The smallest absolute Gasteiger partial charge is 0.246 e. The van der Waals surface area contributed by atoms with Gasteiger partial charge in [0.1, 0.15) is 11.5 Å². The number of methoxy groups -OCH3 is 1. The van der Waals surface area contributed by atoms with E-state index in [1.165, 1.54) is 0 Å². The van der Waals surface area contributed by atoms with E-state index < -0.39 is 5.92 Å². The maximum Gasteiger partial charge on any atom is 0.246 e. The van der Waals surface area contributed by atoms with Gasteiger partial charge in [-0.2, -0.15) is 4.98 Å². The van der Waals surface area contributed by atoms with Crippen LogP contribution in [-0.4, -0.2) is 40.8 Å². The Labute approximate surface area is 165 Å². The molecular weight excluding hydrogens is 378 g/mol. The lowest BCUT2D eigenvalue weighted by Crippen LogP contribution is -2.32. The first kappa shape index (κ1) is 18.7. The van der Waals surface area contributed by atoms with Gasteiger partial charge in [-0.15, -0.1) is 0 Å². The summed E-state index contributed by atoms with van der Waals surface area (Å²) < 4.78 is 15.3. The summed E-state index contributed by atoms with van der Waals surface area (Å²) in [6.07, 6.45) is 0.135. The van der Waals surface area contributed by atoms with Gasteiger partial charge in [-0.25, -0.2) is 0 Å². The number of anilines is 1. The highest BCUT2D eigenvalue weighted by molar-refractivity contribution is 6.00. The molecule has 0 bridgehead atoms. The fourth-order valence-electron chi connectivity index (χ4n) is 3.12. The van der Waals surface area contributed by atoms with Crippen molar-refractivity contribution in [2.24, 2.45) is 5.92 Å². The van der Waals surface area contributed by atoms with Crippen LogP contribution in [-0.2, 0) is 16.1 Å². The molecule has 1 saturated heterocycles. The van der Waals surface area contributed by atoms with E-state index in [0.29, 0.717) is 29.4 Å². The van der Waals surface area contributed by atoms with Crippen LogP contribution in [0.25, 0.3) is 11.5 Å². The zero-order valence-corrected chi connectivity index (χ0v) is 15.9. The van der Waals surface area contributed by atoms with Crippen molar-refractivity contribution in [2.75, 3.05) is 18.6 Å². The first-order chi connectivity index (χ1) is 14.0. The normalized spacial score (nSPS) is 16.3. The van der Waals surface area contributed by atoms with Gasteiger partial charge in [0.25, 0.3) is 0 Å². The van der Waals surface area contributed by atoms with E-state index in [9.17, 15) is 9.59 Å². The van der Waals surface area contributed by atoms with E-state index in [-0.39, 0.29) is 36.5 Å². The van der Waals surface area contributed by atoms with Crippen LogP contribution in [0.1, 0.15) is 18.1 Å². The topological polar surface area (TPSA) is 124 Å². The first-order valence-corrected chi connectivity index (χ1v) is 9.02. The van der Waals surface area contributed by atoms with Crippen molar-refractivity contribution in [3.05, 3.63) is 42.0 Å². The average Bonchev–Trinajstić information content (AvgIpc) is 3.46. The highest BCUT2D eigenvalue weighted by Gasteiger charge is 2.35. The monoisotopic (exact) mass is 397 g/mol. The lowest BCUT2D eigenvalue weighted by molar-refractivity contribution is -0.126. The summed E-state index contributed by atoms with van der Waals surface area (Å²) in [4.78, 5) is 30.7. The van der Waals surface area contributed by atoms with E-state index in [1.54, 1.807) is 43.2 Å². The maximum atomic E-state index is 12.5. The number of nitrogens with zero attached hydrogens (tertiary/aromatic N) is 4. The molecule has 150 valence electrons. The molecule has 1 fully saturated rings. The zero-order valence-electron chi connectivity index (χ0n) is 15.9. The molecule has 2 aromatic heterocycles. The molecule has 10 nitrogen and oxygen atoms in total. The molecule has 1 aliphatic rings. The molecule has 0 radical (unpaired) electrons. The maximum absolute atomic E-state index is 12.5.